The van der Waals surface area contributed by atoms with Crippen molar-refractivity contribution in [1.82, 2.24) is 10.2 Å². The minimum atomic E-state index is -3.01. The molecule has 0 amide bonds. The van der Waals surface area contributed by atoms with E-state index < -0.39 is 12.4 Å². The molecule has 0 spiro atoms. The van der Waals surface area contributed by atoms with Crippen molar-refractivity contribution < 1.29 is 22.6 Å². The van der Waals surface area contributed by atoms with Gasteiger partial charge in [-0.05, 0) is 32.4 Å². The van der Waals surface area contributed by atoms with Crippen molar-refractivity contribution in [3.05, 3.63) is 29.6 Å². The third-order valence-electron chi connectivity index (χ3n) is 4.16. The number of aliphatic imine (C=N–C) groups is 1. The fraction of sp³-hybridized carbons (Fsp3) is 0.611. The number of nitrogens with one attached hydrogen (secondary N) is 1. The molecule has 9 heteroatoms. The molecule has 1 heterocycles. The molecular formula is C18H27F3IN3O2. The van der Waals surface area contributed by atoms with E-state index in [9.17, 15) is 13.2 Å². The van der Waals surface area contributed by atoms with E-state index in [2.05, 4.69) is 19.9 Å². The van der Waals surface area contributed by atoms with Crippen molar-refractivity contribution in [2.24, 2.45) is 10.9 Å². The van der Waals surface area contributed by atoms with Gasteiger partial charge in [-0.1, -0.05) is 6.07 Å². The molecule has 5 nitrogen and oxygen atoms in total. The maximum atomic E-state index is 14.1. The van der Waals surface area contributed by atoms with Gasteiger partial charge < -0.3 is 19.7 Å². The smallest absolute Gasteiger partial charge is 0.387 e. The molecule has 1 saturated heterocycles. The lowest BCUT2D eigenvalue weighted by Crippen LogP contribution is -2.40. The highest BCUT2D eigenvalue weighted by molar-refractivity contribution is 14.0. The SMILES string of the molecule is CCNC(=NCc1c(F)cccc1OC(F)F)N1CCC(COCC)C1.I. The Morgan fingerprint density at radius 2 is 2.15 bits per heavy atom. The molecule has 154 valence electrons. The zero-order valence-corrected chi connectivity index (χ0v) is 17.9. The second-order valence-electron chi connectivity index (χ2n) is 6.03. The van der Waals surface area contributed by atoms with Crippen LogP contribution in [0.5, 0.6) is 5.75 Å². The van der Waals surface area contributed by atoms with Crippen LogP contribution in [0.1, 0.15) is 25.8 Å². The molecule has 0 aromatic heterocycles. The predicted molar refractivity (Wildman–Crippen MR) is 109 cm³/mol. The first-order valence-corrected chi connectivity index (χ1v) is 8.88. The standard InChI is InChI=1S/C18H26F3N3O2.HI/c1-3-22-18(24-9-8-13(11-24)12-25-4-2)23-10-14-15(19)6-5-7-16(14)26-17(20)21;/h5-7,13,17H,3-4,8-12H2,1-2H3,(H,22,23);1H. The largest absolute Gasteiger partial charge is 0.434 e. The second-order valence-corrected chi connectivity index (χ2v) is 6.03. The molecule has 0 bridgehead atoms. The van der Waals surface area contributed by atoms with Crippen LogP contribution in [0, 0.1) is 11.7 Å². The summed E-state index contributed by atoms with van der Waals surface area (Å²) in [4.78, 5) is 6.52. The number of halogens is 4. The molecule has 0 aliphatic carbocycles. The molecule has 1 atom stereocenters. The lowest BCUT2D eigenvalue weighted by molar-refractivity contribution is -0.0506. The summed E-state index contributed by atoms with van der Waals surface area (Å²) >= 11 is 0. The lowest BCUT2D eigenvalue weighted by atomic mass is 10.1. The van der Waals surface area contributed by atoms with Crippen molar-refractivity contribution in [2.75, 3.05) is 32.8 Å². The predicted octanol–water partition coefficient (Wildman–Crippen LogP) is 3.87. The highest BCUT2D eigenvalue weighted by Crippen LogP contribution is 2.24. The molecule has 27 heavy (non-hydrogen) atoms. The fourth-order valence-electron chi connectivity index (χ4n) is 2.92. The zero-order valence-electron chi connectivity index (χ0n) is 15.6. The summed E-state index contributed by atoms with van der Waals surface area (Å²) in [5.41, 5.74) is 0.0215. The maximum absolute atomic E-state index is 14.1. The summed E-state index contributed by atoms with van der Waals surface area (Å²) in [5.74, 6) is 0.261. The van der Waals surface area contributed by atoms with Gasteiger partial charge in [-0.2, -0.15) is 8.78 Å². The average Bonchev–Trinajstić information content (AvgIpc) is 3.06. The van der Waals surface area contributed by atoms with Gasteiger partial charge in [0.2, 0.25) is 0 Å². The number of nitrogens with zero attached hydrogens (tertiary/aromatic N) is 2. The van der Waals surface area contributed by atoms with Gasteiger partial charge in [0.05, 0.1) is 18.7 Å². The molecule has 1 aromatic rings. The van der Waals surface area contributed by atoms with Gasteiger partial charge in [0.15, 0.2) is 5.96 Å². The summed E-state index contributed by atoms with van der Waals surface area (Å²) in [6.07, 6.45) is 0.990. The summed E-state index contributed by atoms with van der Waals surface area (Å²) < 4.78 is 49.0. The Balaban J connectivity index is 0.00000364. The van der Waals surface area contributed by atoms with E-state index in [0.717, 1.165) is 19.5 Å². The van der Waals surface area contributed by atoms with Gasteiger partial charge in [0.1, 0.15) is 11.6 Å². The summed E-state index contributed by atoms with van der Waals surface area (Å²) in [6.45, 7) is 4.48. The molecule has 1 fully saturated rings. The van der Waals surface area contributed by atoms with E-state index in [1.54, 1.807) is 0 Å². The Labute approximate surface area is 175 Å². The monoisotopic (exact) mass is 501 g/mol. The van der Waals surface area contributed by atoms with Gasteiger partial charge in [-0.15, -0.1) is 24.0 Å². The minimum Gasteiger partial charge on any atom is -0.434 e. The van der Waals surface area contributed by atoms with Crippen molar-refractivity contribution in [2.45, 2.75) is 33.4 Å². The molecular weight excluding hydrogens is 474 g/mol. The van der Waals surface area contributed by atoms with E-state index >= 15 is 0 Å². The summed E-state index contributed by atoms with van der Waals surface area (Å²) in [5, 5.41) is 3.17. The van der Waals surface area contributed by atoms with Crippen molar-refractivity contribution >= 4 is 29.9 Å². The van der Waals surface area contributed by atoms with E-state index in [0.29, 0.717) is 31.6 Å². The highest BCUT2D eigenvalue weighted by Gasteiger charge is 2.25. The number of guanidine groups is 1. The van der Waals surface area contributed by atoms with Gasteiger partial charge >= 0.3 is 6.61 Å². The van der Waals surface area contributed by atoms with Crippen LogP contribution in [0.15, 0.2) is 23.2 Å². The Kier molecular flexibility index (Phi) is 10.8. The van der Waals surface area contributed by atoms with Gasteiger partial charge in [0.25, 0.3) is 0 Å². The Morgan fingerprint density at radius 1 is 1.37 bits per heavy atom. The molecule has 1 aliphatic rings. The van der Waals surface area contributed by atoms with Gasteiger partial charge in [-0.3, -0.25) is 0 Å². The number of hydrogen-bond donors (Lipinski definition) is 1. The molecule has 1 unspecified atom stereocenters. The first-order chi connectivity index (χ1) is 12.5. The Morgan fingerprint density at radius 3 is 2.81 bits per heavy atom. The first kappa shape index (κ1) is 23.8. The number of alkyl halides is 2. The van der Waals surface area contributed by atoms with E-state index in [-0.39, 0.29) is 41.8 Å². The Hall–Kier alpha value is -1.23. The molecule has 1 aliphatic heterocycles. The molecule has 0 saturated carbocycles. The van der Waals surface area contributed by atoms with Crippen LogP contribution >= 0.6 is 24.0 Å². The normalized spacial score (nSPS) is 17.2. The summed E-state index contributed by atoms with van der Waals surface area (Å²) in [6, 6.07) is 3.87. The van der Waals surface area contributed by atoms with Crippen LogP contribution in [0.4, 0.5) is 13.2 Å². The van der Waals surface area contributed by atoms with Crippen LogP contribution in [-0.2, 0) is 11.3 Å². The number of ether oxygens (including phenoxy) is 2. The highest BCUT2D eigenvalue weighted by atomic mass is 127. The first-order valence-electron chi connectivity index (χ1n) is 8.88. The molecule has 1 aromatic carbocycles. The zero-order chi connectivity index (χ0) is 18.9. The van der Waals surface area contributed by atoms with Crippen molar-refractivity contribution in [3.63, 3.8) is 0 Å². The van der Waals surface area contributed by atoms with Gasteiger partial charge in [-0.25, -0.2) is 9.38 Å². The molecule has 1 N–H and O–H groups in total. The number of hydrogen-bond acceptors (Lipinski definition) is 3. The van der Waals surface area contributed by atoms with Crippen LogP contribution in [0.2, 0.25) is 0 Å². The summed E-state index contributed by atoms with van der Waals surface area (Å²) in [7, 11) is 0. The van der Waals surface area contributed by atoms with E-state index in [4.69, 9.17) is 4.74 Å². The fourth-order valence-corrected chi connectivity index (χ4v) is 2.92. The third kappa shape index (κ3) is 7.36. The quantitative estimate of drug-likeness (QED) is 0.334. The molecule has 2 rings (SSSR count). The van der Waals surface area contributed by atoms with E-state index in [1.807, 2.05) is 13.8 Å². The van der Waals surface area contributed by atoms with Gasteiger partial charge in [0, 0.05) is 32.2 Å². The van der Waals surface area contributed by atoms with Crippen LogP contribution < -0.4 is 10.1 Å². The van der Waals surface area contributed by atoms with Crippen molar-refractivity contribution in [1.29, 1.82) is 0 Å². The van der Waals surface area contributed by atoms with Crippen LogP contribution in [0.25, 0.3) is 0 Å². The number of rotatable bonds is 8. The lowest BCUT2D eigenvalue weighted by Gasteiger charge is -2.22. The number of benzene rings is 1. The Bertz CT molecular complexity index is 605. The van der Waals surface area contributed by atoms with Crippen LogP contribution in [-0.4, -0.2) is 50.3 Å². The minimum absolute atomic E-state index is 0. The topological polar surface area (TPSA) is 46.1 Å². The average molecular weight is 501 g/mol. The third-order valence-corrected chi connectivity index (χ3v) is 4.16. The molecule has 0 radical (unpaired) electrons. The number of likely N-dealkylation sites (tertiary alicyclic amines) is 1. The van der Waals surface area contributed by atoms with E-state index in [1.165, 1.54) is 18.2 Å². The van der Waals surface area contributed by atoms with Crippen LogP contribution in [0.3, 0.4) is 0 Å². The second kappa shape index (κ2) is 12.3. The van der Waals surface area contributed by atoms with Crippen molar-refractivity contribution in [3.8, 4) is 5.75 Å². The maximum Gasteiger partial charge on any atom is 0.387 e.